The van der Waals surface area contributed by atoms with E-state index in [1.165, 1.54) is 0 Å². The van der Waals surface area contributed by atoms with E-state index in [2.05, 4.69) is 6.92 Å². The van der Waals surface area contributed by atoms with Crippen molar-refractivity contribution in [3.63, 3.8) is 0 Å². The highest BCUT2D eigenvalue weighted by Crippen LogP contribution is 2.39. The highest BCUT2D eigenvalue weighted by atomic mass is 31.2. The molecular formula is C11H17O3P. The first-order valence-electron chi connectivity index (χ1n) is 5.14. The molecule has 1 aromatic carbocycles. The summed E-state index contributed by atoms with van der Waals surface area (Å²) < 4.78 is 10.9. The fourth-order valence-electron chi connectivity index (χ4n) is 1.54. The molecule has 0 heterocycles. The highest BCUT2D eigenvalue weighted by Gasteiger charge is 2.15. The Bertz CT molecular complexity index is 357. The molecule has 2 N–H and O–H groups in total. The molecule has 3 nitrogen and oxygen atoms in total. The van der Waals surface area contributed by atoms with Crippen LogP contribution in [0.3, 0.4) is 0 Å². The Hall–Kier alpha value is -0.630. The second kappa shape index (κ2) is 5.45. The third kappa shape index (κ3) is 4.61. The molecule has 4 heteroatoms. The summed E-state index contributed by atoms with van der Waals surface area (Å²) in [4.78, 5) is 17.9. The van der Waals surface area contributed by atoms with E-state index < -0.39 is 7.60 Å². The van der Waals surface area contributed by atoms with E-state index in [0.717, 1.165) is 30.4 Å². The zero-order valence-corrected chi connectivity index (χ0v) is 9.78. The molecular weight excluding hydrogens is 211 g/mol. The molecule has 0 saturated carbocycles. The van der Waals surface area contributed by atoms with Gasteiger partial charge in [-0.1, -0.05) is 37.6 Å². The van der Waals surface area contributed by atoms with Crippen molar-refractivity contribution in [2.24, 2.45) is 0 Å². The maximum atomic E-state index is 10.9. The van der Waals surface area contributed by atoms with E-state index in [4.69, 9.17) is 9.79 Å². The number of hydrogen-bond acceptors (Lipinski definition) is 1. The zero-order valence-electron chi connectivity index (χ0n) is 8.89. The summed E-state index contributed by atoms with van der Waals surface area (Å²) >= 11 is 0. The molecule has 0 unspecified atom stereocenters. The Morgan fingerprint density at radius 3 is 2.33 bits per heavy atom. The number of benzene rings is 1. The van der Waals surface area contributed by atoms with Crippen molar-refractivity contribution in [1.82, 2.24) is 0 Å². The third-order valence-corrected chi connectivity index (χ3v) is 3.05. The normalized spacial score (nSPS) is 11.7. The molecule has 1 aromatic rings. The van der Waals surface area contributed by atoms with Gasteiger partial charge in [0.1, 0.15) is 0 Å². The van der Waals surface area contributed by atoms with E-state index in [1.54, 1.807) is 6.07 Å². The summed E-state index contributed by atoms with van der Waals surface area (Å²) in [5, 5.41) is 0. The SMILES string of the molecule is CCCCc1ccccc1CP(=O)(O)O. The van der Waals surface area contributed by atoms with Crippen LogP contribution in [0.2, 0.25) is 0 Å². The Morgan fingerprint density at radius 1 is 1.20 bits per heavy atom. The zero-order chi connectivity index (χ0) is 11.3. The summed E-state index contributed by atoms with van der Waals surface area (Å²) in [6.07, 6.45) is 2.89. The van der Waals surface area contributed by atoms with Gasteiger partial charge in [-0.05, 0) is 24.0 Å². The van der Waals surface area contributed by atoms with Gasteiger partial charge in [-0.2, -0.15) is 0 Å². The second-order valence-electron chi connectivity index (χ2n) is 3.70. The van der Waals surface area contributed by atoms with Gasteiger partial charge < -0.3 is 9.79 Å². The Morgan fingerprint density at radius 2 is 1.80 bits per heavy atom. The number of rotatable bonds is 5. The number of unbranched alkanes of at least 4 members (excludes halogenated alkanes) is 1. The van der Waals surface area contributed by atoms with Crippen molar-refractivity contribution in [2.75, 3.05) is 0 Å². The summed E-state index contributed by atoms with van der Waals surface area (Å²) in [5.74, 6) is 0. The van der Waals surface area contributed by atoms with Crippen LogP contribution in [-0.2, 0) is 17.1 Å². The van der Waals surface area contributed by atoms with Crippen LogP contribution in [0.5, 0.6) is 0 Å². The minimum Gasteiger partial charge on any atom is -0.324 e. The topological polar surface area (TPSA) is 57.5 Å². The van der Waals surface area contributed by atoms with Gasteiger partial charge >= 0.3 is 7.60 Å². The Labute approximate surface area is 90.3 Å². The lowest BCUT2D eigenvalue weighted by atomic mass is 10.0. The van der Waals surface area contributed by atoms with Crippen molar-refractivity contribution >= 4 is 7.60 Å². The van der Waals surface area contributed by atoms with Gasteiger partial charge in [-0.25, -0.2) is 0 Å². The van der Waals surface area contributed by atoms with E-state index >= 15 is 0 Å². The van der Waals surface area contributed by atoms with Gasteiger partial charge in [0, 0.05) is 0 Å². The molecule has 84 valence electrons. The van der Waals surface area contributed by atoms with Gasteiger partial charge in [0.05, 0.1) is 6.16 Å². The molecule has 1 rings (SSSR count). The van der Waals surface area contributed by atoms with Crippen molar-refractivity contribution in [1.29, 1.82) is 0 Å². The van der Waals surface area contributed by atoms with Crippen LogP contribution in [0, 0.1) is 0 Å². The first-order valence-corrected chi connectivity index (χ1v) is 6.94. The minimum absolute atomic E-state index is 0.146. The van der Waals surface area contributed by atoms with Gasteiger partial charge in [-0.3, -0.25) is 4.57 Å². The molecule has 0 atom stereocenters. The monoisotopic (exact) mass is 228 g/mol. The quantitative estimate of drug-likeness (QED) is 0.762. The predicted molar refractivity (Wildman–Crippen MR) is 60.8 cm³/mol. The van der Waals surface area contributed by atoms with Gasteiger partial charge in [0.2, 0.25) is 0 Å². The Balaban J connectivity index is 2.81. The van der Waals surface area contributed by atoms with Crippen molar-refractivity contribution in [3.05, 3.63) is 35.4 Å². The summed E-state index contributed by atoms with van der Waals surface area (Å²) in [6, 6.07) is 7.47. The highest BCUT2D eigenvalue weighted by molar-refractivity contribution is 7.50. The van der Waals surface area contributed by atoms with Crippen LogP contribution in [-0.4, -0.2) is 9.79 Å². The molecule has 0 aliphatic rings. The van der Waals surface area contributed by atoms with E-state index in [1.807, 2.05) is 18.2 Å². The number of hydrogen-bond donors (Lipinski definition) is 2. The molecule has 0 aliphatic carbocycles. The Kier molecular flexibility index (Phi) is 4.52. The molecule has 0 bridgehead atoms. The first kappa shape index (κ1) is 12.4. The van der Waals surface area contributed by atoms with Crippen molar-refractivity contribution in [3.8, 4) is 0 Å². The van der Waals surface area contributed by atoms with Crippen LogP contribution < -0.4 is 0 Å². The van der Waals surface area contributed by atoms with Crippen LogP contribution in [0.4, 0.5) is 0 Å². The van der Waals surface area contributed by atoms with Gasteiger partial charge in [0.25, 0.3) is 0 Å². The molecule has 0 radical (unpaired) electrons. The van der Waals surface area contributed by atoms with Crippen molar-refractivity contribution < 1.29 is 14.4 Å². The lowest BCUT2D eigenvalue weighted by molar-refractivity contribution is 0.371. The van der Waals surface area contributed by atoms with E-state index in [-0.39, 0.29) is 6.16 Å². The third-order valence-electron chi connectivity index (χ3n) is 2.29. The lowest BCUT2D eigenvalue weighted by Gasteiger charge is -2.09. The lowest BCUT2D eigenvalue weighted by Crippen LogP contribution is -1.95. The second-order valence-corrected chi connectivity index (χ2v) is 5.34. The molecule has 0 amide bonds. The first-order chi connectivity index (χ1) is 7.03. The molecule has 0 fully saturated rings. The standard InChI is InChI=1S/C11H17O3P/c1-2-3-6-10-7-4-5-8-11(10)9-15(12,13)14/h4-5,7-8H,2-3,6,9H2,1H3,(H2,12,13,14). The van der Waals surface area contributed by atoms with Crippen molar-refractivity contribution in [2.45, 2.75) is 32.3 Å². The average molecular weight is 228 g/mol. The fraction of sp³-hybridized carbons (Fsp3) is 0.455. The summed E-state index contributed by atoms with van der Waals surface area (Å²) in [5.41, 5.74) is 1.84. The van der Waals surface area contributed by atoms with Crippen LogP contribution in [0.25, 0.3) is 0 Å². The largest absolute Gasteiger partial charge is 0.329 e. The van der Waals surface area contributed by atoms with Crippen LogP contribution in [0.1, 0.15) is 30.9 Å². The minimum atomic E-state index is -3.95. The molecule has 0 aromatic heterocycles. The molecule has 0 spiro atoms. The van der Waals surface area contributed by atoms with E-state index in [9.17, 15) is 4.57 Å². The number of aryl methyl sites for hydroxylation is 1. The summed E-state index contributed by atoms with van der Waals surface area (Å²) in [7, 11) is -3.95. The molecule has 0 aliphatic heterocycles. The average Bonchev–Trinajstić information content (AvgIpc) is 2.14. The van der Waals surface area contributed by atoms with Crippen LogP contribution >= 0.6 is 7.60 Å². The smallest absolute Gasteiger partial charge is 0.324 e. The molecule has 15 heavy (non-hydrogen) atoms. The van der Waals surface area contributed by atoms with Gasteiger partial charge in [-0.15, -0.1) is 0 Å². The predicted octanol–water partition coefficient (Wildman–Crippen LogP) is 2.71. The maximum absolute atomic E-state index is 10.9. The molecule has 0 saturated heterocycles. The summed E-state index contributed by atoms with van der Waals surface area (Å²) in [6.45, 7) is 2.10. The van der Waals surface area contributed by atoms with Crippen LogP contribution in [0.15, 0.2) is 24.3 Å². The van der Waals surface area contributed by atoms with E-state index in [0.29, 0.717) is 0 Å². The fourth-order valence-corrected chi connectivity index (χ4v) is 2.30. The van der Waals surface area contributed by atoms with Gasteiger partial charge in [0.15, 0.2) is 0 Å². The maximum Gasteiger partial charge on any atom is 0.329 e.